The van der Waals surface area contributed by atoms with Gasteiger partial charge in [0.25, 0.3) is 0 Å². The number of halogens is 2. The van der Waals surface area contributed by atoms with Crippen molar-refractivity contribution in [3.63, 3.8) is 0 Å². The fourth-order valence-electron chi connectivity index (χ4n) is 2.20. The van der Waals surface area contributed by atoms with Crippen molar-refractivity contribution in [1.82, 2.24) is 20.3 Å². The Bertz CT molecular complexity index is 570. The second-order valence-electron chi connectivity index (χ2n) is 4.52. The summed E-state index contributed by atoms with van der Waals surface area (Å²) in [5.41, 5.74) is 1.59. The normalized spacial score (nSPS) is 12.6. The zero-order valence-electron chi connectivity index (χ0n) is 11.6. The second-order valence-corrected chi connectivity index (χ2v) is 4.89. The van der Waals surface area contributed by atoms with E-state index in [4.69, 9.17) is 11.6 Å². The lowest BCUT2D eigenvalue weighted by Gasteiger charge is -2.20. The van der Waals surface area contributed by atoms with E-state index >= 15 is 0 Å². The molecule has 1 atom stereocenters. The summed E-state index contributed by atoms with van der Waals surface area (Å²) in [4.78, 5) is 0. The third kappa shape index (κ3) is 2.99. The van der Waals surface area contributed by atoms with Gasteiger partial charge in [0.2, 0.25) is 0 Å². The van der Waals surface area contributed by atoms with Gasteiger partial charge in [0, 0.05) is 6.54 Å². The highest BCUT2D eigenvalue weighted by atomic mass is 35.5. The lowest BCUT2D eigenvalue weighted by atomic mass is 10.0. The molecule has 108 valence electrons. The fraction of sp³-hybridized carbons (Fsp3) is 0.429. The molecule has 20 heavy (non-hydrogen) atoms. The molecule has 1 aromatic carbocycles. The Kier molecular flexibility index (Phi) is 5.09. The molecule has 2 rings (SSSR count). The Morgan fingerprint density at radius 2 is 2.20 bits per heavy atom. The SMILES string of the molecule is CCCn1nncc1C(NCC)c1cccc(F)c1Cl. The highest BCUT2D eigenvalue weighted by Crippen LogP contribution is 2.29. The number of aryl methyl sites for hydroxylation is 1. The summed E-state index contributed by atoms with van der Waals surface area (Å²) in [6.07, 6.45) is 2.65. The smallest absolute Gasteiger partial charge is 0.142 e. The standard InChI is InChI=1S/C14H18ClFN4/c1-3-8-20-12(9-18-19-20)14(17-4-2)10-6-5-7-11(16)13(10)15/h5-7,9,14,17H,3-4,8H2,1-2H3. The first-order chi connectivity index (χ1) is 9.69. The summed E-state index contributed by atoms with van der Waals surface area (Å²) in [5.74, 6) is -0.415. The lowest BCUT2D eigenvalue weighted by Crippen LogP contribution is -2.25. The quantitative estimate of drug-likeness (QED) is 0.890. The molecule has 0 amide bonds. The maximum absolute atomic E-state index is 13.7. The van der Waals surface area contributed by atoms with Crippen LogP contribution in [0.1, 0.15) is 37.6 Å². The first kappa shape index (κ1) is 14.9. The van der Waals surface area contributed by atoms with E-state index in [9.17, 15) is 4.39 Å². The van der Waals surface area contributed by atoms with E-state index in [0.717, 1.165) is 25.2 Å². The Morgan fingerprint density at radius 1 is 1.40 bits per heavy atom. The van der Waals surface area contributed by atoms with Crippen LogP contribution in [0.5, 0.6) is 0 Å². The molecule has 1 unspecified atom stereocenters. The van der Waals surface area contributed by atoms with Gasteiger partial charge in [0.15, 0.2) is 0 Å². The van der Waals surface area contributed by atoms with Gasteiger partial charge in [-0.25, -0.2) is 9.07 Å². The monoisotopic (exact) mass is 296 g/mol. The Morgan fingerprint density at radius 3 is 2.90 bits per heavy atom. The van der Waals surface area contributed by atoms with Crippen LogP contribution >= 0.6 is 11.6 Å². The molecule has 4 nitrogen and oxygen atoms in total. The molecule has 0 spiro atoms. The molecule has 0 radical (unpaired) electrons. The number of benzene rings is 1. The highest BCUT2D eigenvalue weighted by molar-refractivity contribution is 6.31. The van der Waals surface area contributed by atoms with Crippen LogP contribution in [0.15, 0.2) is 24.4 Å². The van der Waals surface area contributed by atoms with E-state index in [2.05, 4.69) is 22.6 Å². The molecule has 0 aliphatic carbocycles. The Balaban J connectivity index is 2.45. The topological polar surface area (TPSA) is 42.7 Å². The number of hydrogen-bond acceptors (Lipinski definition) is 3. The molecule has 0 saturated carbocycles. The fourth-order valence-corrected chi connectivity index (χ4v) is 2.43. The third-order valence-electron chi connectivity index (χ3n) is 3.08. The van der Waals surface area contributed by atoms with Gasteiger partial charge in [-0.3, -0.25) is 0 Å². The average Bonchev–Trinajstić information content (AvgIpc) is 2.88. The van der Waals surface area contributed by atoms with Crippen molar-refractivity contribution in [2.75, 3.05) is 6.54 Å². The maximum Gasteiger partial charge on any atom is 0.142 e. The van der Waals surface area contributed by atoms with Crippen LogP contribution in [0.4, 0.5) is 4.39 Å². The predicted molar refractivity (Wildman–Crippen MR) is 77.2 cm³/mol. The van der Waals surface area contributed by atoms with Crippen molar-refractivity contribution < 1.29 is 4.39 Å². The Hall–Kier alpha value is -1.46. The van der Waals surface area contributed by atoms with Crippen LogP contribution in [0, 0.1) is 5.82 Å². The molecule has 1 N–H and O–H groups in total. The molecule has 6 heteroatoms. The van der Waals surface area contributed by atoms with E-state index in [1.807, 2.05) is 17.7 Å². The number of hydrogen-bond donors (Lipinski definition) is 1. The molecule has 2 aromatic rings. The van der Waals surface area contributed by atoms with E-state index in [0.29, 0.717) is 5.56 Å². The van der Waals surface area contributed by atoms with Crippen molar-refractivity contribution in [1.29, 1.82) is 0 Å². The summed E-state index contributed by atoms with van der Waals surface area (Å²) >= 11 is 6.10. The first-order valence-corrected chi connectivity index (χ1v) is 7.12. The largest absolute Gasteiger partial charge is 0.305 e. The number of aromatic nitrogens is 3. The third-order valence-corrected chi connectivity index (χ3v) is 3.48. The van der Waals surface area contributed by atoms with Crippen LogP contribution < -0.4 is 5.32 Å². The first-order valence-electron chi connectivity index (χ1n) is 6.74. The summed E-state index contributed by atoms with van der Waals surface area (Å²) in [5, 5.41) is 11.5. The van der Waals surface area contributed by atoms with Gasteiger partial charge in [0.1, 0.15) is 5.82 Å². The summed E-state index contributed by atoms with van der Waals surface area (Å²) < 4.78 is 15.5. The second kappa shape index (κ2) is 6.81. The van der Waals surface area contributed by atoms with Gasteiger partial charge in [-0.2, -0.15) is 0 Å². The van der Waals surface area contributed by atoms with E-state index in [1.165, 1.54) is 6.07 Å². The van der Waals surface area contributed by atoms with Crippen molar-refractivity contribution in [2.24, 2.45) is 0 Å². The van der Waals surface area contributed by atoms with Gasteiger partial charge in [-0.1, -0.05) is 42.8 Å². The van der Waals surface area contributed by atoms with E-state index in [1.54, 1.807) is 12.3 Å². The van der Waals surface area contributed by atoms with Crippen LogP contribution in [0.2, 0.25) is 5.02 Å². The molecule has 0 bridgehead atoms. The van der Waals surface area contributed by atoms with Gasteiger partial charge >= 0.3 is 0 Å². The number of nitrogens with one attached hydrogen (secondary N) is 1. The molecule has 1 aromatic heterocycles. The molecule has 0 aliphatic rings. The van der Waals surface area contributed by atoms with Gasteiger partial charge in [-0.05, 0) is 24.6 Å². The summed E-state index contributed by atoms with van der Waals surface area (Å²) in [6.45, 7) is 5.57. The van der Waals surface area contributed by atoms with E-state index in [-0.39, 0.29) is 11.1 Å². The minimum atomic E-state index is -0.415. The highest BCUT2D eigenvalue weighted by Gasteiger charge is 2.21. The van der Waals surface area contributed by atoms with Crippen molar-refractivity contribution in [3.05, 3.63) is 46.5 Å². The van der Waals surface area contributed by atoms with Crippen LogP contribution in [0.3, 0.4) is 0 Å². The van der Waals surface area contributed by atoms with Crippen molar-refractivity contribution in [2.45, 2.75) is 32.9 Å². The van der Waals surface area contributed by atoms with Crippen LogP contribution in [0.25, 0.3) is 0 Å². The average molecular weight is 297 g/mol. The van der Waals surface area contributed by atoms with Gasteiger partial charge < -0.3 is 5.32 Å². The van der Waals surface area contributed by atoms with Crippen molar-refractivity contribution >= 4 is 11.6 Å². The molecular formula is C14H18ClFN4. The Labute approximate surface area is 122 Å². The van der Waals surface area contributed by atoms with Gasteiger partial charge in [-0.15, -0.1) is 5.10 Å². The molecule has 0 fully saturated rings. The predicted octanol–water partition coefficient (Wildman–Crippen LogP) is 3.18. The minimum Gasteiger partial charge on any atom is -0.305 e. The molecule has 1 heterocycles. The van der Waals surface area contributed by atoms with Crippen molar-refractivity contribution in [3.8, 4) is 0 Å². The van der Waals surface area contributed by atoms with E-state index < -0.39 is 5.82 Å². The zero-order valence-corrected chi connectivity index (χ0v) is 12.4. The summed E-state index contributed by atoms with van der Waals surface area (Å²) in [7, 11) is 0. The van der Waals surface area contributed by atoms with Gasteiger partial charge in [0.05, 0.1) is 23.0 Å². The maximum atomic E-state index is 13.7. The molecule has 0 saturated heterocycles. The molecular weight excluding hydrogens is 279 g/mol. The zero-order chi connectivity index (χ0) is 14.5. The van der Waals surface area contributed by atoms with Crippen LogP contribution in [-0.4, -0.2) is 21.5 Å². The summed E-state index contributed by atoms with van der Waals surface area (Å²) in [6, 6.07) is 4.62. The number of rotatable bonds is 6. The molecule has 0 aliphatic heterocycles. The number of nitrogens with zero attached hydrogens (tertiary/aromatic N) is 3. The van der Waals surface area contributed by atoms with Crippen LogP contribution in [-0.2, 0) is 6.54 Å². The minimum absolute atomic E-state index is 0.141. The lowest BCUT2D eigenvalue weighted by molar-refractivity contribution is 0.510.